The summed E-state index contributed by atoms with van der Waals surface area (Å²) in [4.78, 5) is 11.9. The van der Waals surface area contributed by atoms with Crippen LogP contribution < -0.4 is 0 Å². The Balaban J connectivity index is 0.000000108. The Bertz CT molecular complexity index is 1400. The molecule has 0 bridgehead atoms. The number of hydrogen-bond donors (Lipinski definition) is 2. The second-order valence-electron chi connectivity index (χ2n) is 25.9. The number of rotatable bonds is 0. The smallest absolute Gasteiger partial charge is 0.133 e. The van der Waals surface area contributed by atoms with Crippen molar-refractivity contribution >= 4 is 5.78 Å². The monoisotopic (exact) mass is 827 g/mol. The molecule has 2 N–H and O–H groups in total. The zero-order chi connectivity index (χ0) is 41.6. The SMILES string of the molecule is CC1C(C)C2C3CCCC3CCC2C2CCC(=O)CC12.CC1C(C)C2C3CCCC3CCC2C2CC[C@@H](O)CC12.CC1C(C)C2C3CCCC3CCC2C2CC[C@H](O)CC12. The normalized spacial score (nSPS) is 57.4. The van der Waals surface area contributed by atoms with Gasteiger partial charge in [0.1, 0.15) is 5.78 Å². The molecule has 12 rings (SSSR count). The summed E-state index contributed by atoms with van der Waals surface area (Å²) in [6.07, 6.45) is 32.8. The number of ketones is 1. The fourth-order valence-electron chi connectivity index (χ4n) is 21.4. The van der Waals surface area contributed by atoms with Crippen molar-refractivity contribution in [3.8, 4) is 0 Å². The van der Waals surface area contributed by atoms with E-state index in [0.717, 1.165) is 181 Å². The molecule has 3 nitrogen and oxygen atoms in total. The van der Waals surface area contributed by atoms with Crippen LogP contribution in [0.15, 0.2) is 0 Å². The van der Waals surface area contributed by atoms with E-state index in [2.05, 4.69) is 41.5 Å². The molecule has 0 aromatic carbocycles. The highest BCUT2D eigenvalue weighted by atomic mass is 16.3. The molecule has 0 aliphatic heterocycles. The molecule has 60 heavy (non-hydrogen) atoms. The molecule has 24 unspecified atom stereocenters. The lowest BCUT2D eigenvalue weighted by atomic mass is 9.48. The summed E-state index contributed by atoms with van der Waals surface area (Å²) in [7, 11) is 0. The van der Waals surface area contributed by atoms with Crippen molar-refractivity contribution in [3.63, 3.8) is 0 Å². The first-order valence-corrected chi connectivity index (χ1v) is 27.9. The van der Waals surface area contributed by atoms with E-state index in [1.54, 1.807) is 0 Å². The molecule has 0 saturated heterocycles. The fourth-order valence-corrected chi connectivity index (χ4v) is 21.4. The number of aliphatic hydroxyl groups is 2. The molecule has 0 spiro atoms. The van der Waals surface area contributed by atoms with E-state index < -0.39 is 0 Å². The van der Waals surface area contributed by atoms with Crippen molar-refractivity contribution in [2.24, 2.45) is 142 Å². The minimum atomic E-state index is 0.00488. The van der Waals surface area contributed by atoms with Crippen LogP contribution in [0.5, 0.6) is 0 Å². The van der Waals surface area contributed by atoms with Gasteiger partial charge in [-0.2, -0.15) is 0 Å². The van der Waals surface area contributed by atoms with E-state index in [-0.39, 0.29) is 12.2 Å². The van der Waals surface area contributed by atoms with Gasteiger partial charge in [0.25, 0.3) is 0 Å². The highest BCUT2D eigenvalue weighted by Crippen LogP contribution is 2.64. The lowest BCUT2D eigenvalue weighted by Crippen LogP contribution is -2.52. The molecule has 12 aliphatic rings. The third-order valence-corrected chi connectivity index (χ3v) is 24.3. The maximum Gasteiger partial charge on any atom is 0.133 e. The molecule has 3 heteroatoms. The van der Waals surface area contributed by atoms with Crippen LogP contribution in [0.2, 0.25) is 0 Å². The van der Waals surface area contributed by atoms with Crippen molar-refractivity contribution in [1.29, 1.82) is 0 Å². The van der Waals surface area contributed by atoms with E-state index in [1.165, 1.54) is 116 Å². The Labute approximate surface area is 369 Å². The molecule has 0 aromatic heterocycles. The van der Waals surface area contributed by atoms with E-state index in [9.17, 15) is 15.0 Å². The third-order valence-electron chi connectivity index (χ3n) is 24.3. The number of hydrogen-bond acceptors (Lipinski definition) is 3. The van der Waals surface area contributed by atoms with Crippen molar-refractivity contribution < 1.29 is 15.0 Å². The van der Waals surface area contributed by atoms with Gasteiger partial charge in [0.05, 0.1) is 12.2 Å². The van der Waals surface area contributed by atoms with Gasteiger partial charge < -0.3 is 10.2 Å². The topological polar surface area (TPSA) is 57.5 Å². The van der Waals surface area contributed by atoms with Gasteiger partial charge in [-0.15, -0.1) is 0 Å². The summed E-state index contributed by atoms with van der Waals surface area (Å²) in [5, 5.41) is 20.2. The van der Waals surface area contributed by atoms with Gasteiger partial charge in [0.2, 0.25) is 0 Å². The molecule has 12 saturated carbocycles. The number of carbonyl (C=O) groups is 1. The van der Waals surface area contributed by atoms with Crippen LogP contribution in [0.3, 0.4) is 0 Å². The molecule has 340 valence electrons. The Morgan fingerprint density at radius 2 is 0.683 bits per heavy atom. The van der Waals surface area contributed by atoms with Crippen molar-refractivity contribution in [2.75, 3.05) is 0 Å². The average Bonchev–Trinajstić information content (AvgIpc) is 4.05. The highest BCUT2D eigenvalue weighted by molar-refractivity contribution is 5.79. The van der Waals surface area contributed by atoms with Gasteiger partial charge in [-0.3, -0.25) is 4.79 Å². The zero-order valence-corrected chi connectivity index (χ0v) is 39.8. The highest BCUT2D eigenvalue weighted by Gasteiger charge is 2.57. The second kappa shape index (κ2) is 17.8. The maximum atomic E-state index is 11.9. The molecule has 0 radical (unpaired) electrons. The first kappa shape index (κ1) is 43.5. The van der Waals surface area contributed by atoms with E-state index >= 15 is 0 Å². The number of Topliss-reactive ketones (excluding diaryl/α,β-unsaturated/α-hetero) is 1. The molecule has 0 aromatic rings. The lowest BCUT2D eigenvalue weighted by molar-refractivity contribution is -0.132. The van der Waals surface area contributed by atoms with Crippen LogP contribution in [-0.2, 0) is 4.79 Å². The van der Waals surface area contributed by atoms with Gasteiger partial charge in [-0.25, -0.2) is 0 Å². The third kappa shape index (κ3) is 7.62. The van der Waals surface area contributed by atoms with Gasteiger partial charge in [-0.05, 0) is 245 Å². The minimum absolute atomic E-state index is 0.00488. The summed E-state index contributed by atoms with van der Waals surface area (Å²) in [6, 6.07) is 0. The van der Waals surface area contributed by atoms with E-state index in [1.807, 2.05) is 0 Å². The number of fused-ring (bicyclic) bond motifs is 15. The van der Waals surface area contributed by atoms with Crippen LogP contribution >= 0.6 is 0 Å². The second-order valence-corrected chi connectivity index (χ2v) is 25.9. The largest absolute Gasteiger partial charge is 0.393 e. The van der Waals surface area contributed by atoms with Crippen LogP contribution in [0.4, 0.5) is 0 Å². The zero-order valence-electron chi connectivity index (χ0n) is 39.8. The van der Waals surface area contributed by atoms with E-state index in [0.29, 0.717) is 5.78 Å². The molecule has 0 amide bonds. The summed E-state index contributed by atoms with van der Waals surface area (Å²) < 4.78 is 0. The average molecular weight is 827 g/mol. The van der Waals surface area contributed by atoms with Gasteiger partial charge in [-0.1, -0.05) is 80.1 Å². The summed E-state index contributed by atoms with van der Waals surface area (Å²) in [6.45, 7) is 15.1. The maximum absolute atomic E-state index is 11.9. The number of carbonyl (C=O) groups excluding carboxylic acids is 1. The van der Waals surface area contributed by atoms with E-state index in [4.69, 9.17) is 0 Å². The predicted octanol–water partition coefficient (Wildman–Crippen LogP) is 13.7. The van der Waals surface area contributed by atoms with Crippen LogP contribution in [0, 0.1) is 142 Å². The van der Waals surface area contributed by atoms with Gasteiger partial charge >= 0.3 is 0 Å². The van der Waals surface area contributed by atoms with Gasteiger partial charge in [0, 0.05) is 12.8 Å². The summed E-state index contributed by atoms with van der Waals surface area (Å²) >= 11 is 0. The summed E-state index contributed by atoms with van der Waals surface area (Å²) in [5.41, 5.74) is 0. The predicted molar refractivity (Wildman–Crippen MR) is 246 cm³/mol. The first-order valence-electron chi connectivity index (χ1n) is 27.9. The first-order chi connectivity index (χ1) is 29.0. The molecular weight excluding hydrogens is 733 g/mol. The molecular formula is C57H94O3. The molecule has 0 heterocycles. The minimum Gasteiger partial charge on any atom is -0.393 e. The van der Waals surface area contributed by atoms with Crippen molar-refractivity contribution in [3.05, 3.63) is 0 Å². The van der Waals surface area contributed by atoms with Crippen molar-refractivity contribution in [1.82, 2.24) is 0 Å². The Kier molecular flexibility index (Phi) is 12.9. The molecule has 12 aliphatic carbocycles. The van der Waals surface area contributed by atoms with Crippen molar-refractivity contribution in [2.45, 2.75) is 208 Å². The standard InChI is InChI=1S/2C19H32O.C19H30O/c3*1-11-12(2)19-15-5-3-4-13(15)6-8-17(19)16-9-7-14(20)10-18(11)16/h2*11-20H,3-10H2,1-2H3;11-13,15-19H,3-10H2,1-2H3/t2*11?,12?,13?,14-,15?,16?,17?,18?,19?;/m10./s1. The van der Waals surface area contributed by atoms with Crippen LogP contribution in [0.1, 0.15) is 196 Å². The number of aliphatic hydroxyl groups excluding tert-OH is 2. The Morgan fingerprint density at radius 1 is 0.333 bits per heavy atom. The van der Waals surface area contributed by atoms with Crippen LogP contribution in [-0.4, -0.2) is 28.2 Å². The fraction of sp³-hybridized carbons (Fsp3) is 0.982. The molecule has 12 fully saturated rings. The van der Waals surface area contributed by atoms with Crippen LogP contribution in [0.25, 0.3) is 0 Å². The lowest BCUT2D eigenvalue weighted by Gasteiger charge is -2.57. The quantitative estimate of drug-likeness (QED) is 0.256. The Morgan fingerprint density at radius 3 is 1.08 bits per heavy atom. The molecule has 26 atom stereocenters. The summed E-state index contributed by atoms with van der Waals surface area (Å²) in [5.74, 6) is 23.3. The Hall–Kier alpha value is -0.410. The van der Waals surface area contributed by atoms with Gasteiger partial charge in [0.15, 0.2) is 0 Å².